The van der Waals surface area contributed by atoms with E-state index in [0.717, 1.165) is 11.1 Å². The van der Waals surface area contributed by atoms with Gasteiger partial charge in [-0.15, -0.1) is 11.8 Å². The summed E-state index contributed by atoms with van der Waals surface area (Å²) >= 11 is 7.44. The Kier molecular flexibility index (Phi) is 6.28. The van der Waals surface area contributed by atoms with Gasteiger partial charge in [-0.25, -0.2) is 4.39 Å². The van der Waals surface area contributed by atoms with Crippen LogP contribution in [-0.4, -0.2) is 11.7 Å². The molecule has 0 aromatic heterocycles. The monoisotopic (exact) mass is 337 g/mol. The zero-order valence-corrected chi connectivity index (χ0v) is 13.8. The Bertz CT molecular complexity index is 633. The van der Waals surface area contributed by atoms with Crippen molar-refractivity contribution in [2.24, 2.45) is 0 Å². The molecule has 2 aromatic carbocycles. The molecule has 22 heavy (non-hydrogen) atoms. The van der Waals surface area contributed by atoms with Crippen molar-refractivity contribution in [2.75, 3.05) is 5.75 Å². The minimum Gasteiger partial charge on any atom is -0.349 e. The topological polar surface area (TPSA) is 29.1 Å². The zero-order chi connectivity index (χ0) is 15.9. The van der Waals surface area contributed by atoms with E-state index >= 15 is 0 Å². The van der Waals surface area contributed by atoms with Gasteiger partial charge in [-0.3, -0.25) is 4.79 Å². The Morgan fingerprint density at radius 1 is 1.27 bits per heavy atom. The lowest BCUT2D eigenvalue weighted by molar-refractivity contribution is -0.119. The van der Waals surface area contributed by atoms with Gasteiger partial charge in [-0.05, 0) is 42.3 Å². The van der Waals surface area contributed by atoms with Crippen LogP contribution in [0.25, 0.3) is 0 Å². The normalized spacial score (nSPS) is 12.0. The molecular formula is C17H17ClFNOS. The first-order valence-corrected chi connectivity index (χ1v) is 8.45. The van der Waals surface area contributed by atoms with Crippen LogP contribution >= 0.6 is 23.4 Å². The lowest BCUT2D eigenvalue weighted by Gasteiger charge is -2.14. The fourth-order valence-corrected chi connectivity index (χ4v) is 2.98. The average molecular weight is 338 g/mol. The van der Waals surface area contributed by atoms with Gasteiger partial charge >= 0.3 is 0 Å². The zero-order valence-electron chi connectivity index (χ0n) is 12.2. The largest absolute Gasteiger partial charge is 0.349 e. The molecule has 2 nitrogen and oxygen atoms in total. The second kappa shape index (κ2) is 8.20. The van der Waals surface area contributed by atoms with E-state index in [1.807, 2.05) is 25.1 Å². The van der Waals surface area contributed by atoms with E-state index in [4.69, 9.17) is 11.6 Å². The number of halogens is 2. The maximum atomic E-state index is 12.8. The highest BCUT2D eigenvalue weighted by molar-refractivity contribution is 7.99. The summed E-state index contributed by atoms with van der Waals surface area (Å²) in [7, 11) is 0. The molecule has 0 radical (unpaired) electrons. The number of hydrogen-bond donors (Lipinski definition) is 1. The van der Waals surface area contributed by atoms with Crippen LogP contribution in [0.5, 0.6) is 0 Å². The van der Waals surface area contributed by atoms with Gasteiger partial charge in [0.1, 0.15) is 5.82 Å². The minimum absolute atomic E-state index is 0.0282. The molecule has 1 N–H and O–H groups in total. The molecule has 0 saturated heterocycles. The fourth-order valence-electron chi connectivity index (χ4n) is 1.98. The van der Waals surface area contributed by atoms with Crippen molar-refractivity contribution in [3.05, 3.63) is 70.5 Å². The number of rotatable bonds is 6. The minimum atomic E-state index is -0.248. The van der Waals surface area contributed by atoms with Gasteiger partial charge in [0.15, 0.2) is 0 Å². The molecule has 0 bridgehead atoms. The van der Waals surface area contributed by atoms with Gasteiger partial charge in [-0.1, -0.05) is 35.9 Å². The molecule has 0 aliphatic carbocycles. The first-order valence-electron chi connectivity index (χ1n) is 6.91. The molecule has 116 valence electrons. The first kappa shape index (κ1) is 16.8. The molecule has 0 aliphatic heterocycles. The highest BCUT2D eigenvalue weighted by Crippen LogP contribution is 2.18. The van der Waals surface area contributed by atoms with Gasteiger partial charge in [0.25, 0.3) is 0 Å². The van der Waals surface area contributed by atoms with Gasteiger partial charge < -0.3 is 5.32 Å². The second-order valence-corrected chi connectivity index (χ2v) is 6.39. The van der Waals surface area contributed by atoms with Gasteiger partial charge in [0, 0.05) is 10.8 Å². The molecule has 0 saturated carbocycles. The van der Waals surface area contributed by atoms with Crippen LogP contribution in [0, 0.1) is 5.82 Å². The number of thioether (sulfide) groups is 1. The summed E-state index contributed by atoms with van der Waals surface area (Å²) in [5.74, 6) is 0.767. The first-order chi connectivity index (χ1) is 10.5. The fraction of sp³-hybridized carbons (Fsp3) is 0.235. The van der Waals surface area contributed by atoms with E-state index in [-0.39, 0.29) is 17.8 Å². The predicted molar refractivity (Wildman–Crippen MR) is 90.6 cm³/mol. The van der Waals surface area contributed by atoms with Crippen LogP contribution in [0.4, 0.5) is 4.39 Å². The number of hydrogen-bond acceptors (Lipinski definition) is 2. The molecule has 0 aliphatic rings. The van der Waals surface area contributed by atoms with Crippen LogP contribution in [0.3, 0.4) is 0 Å². The number of carbonyl (C=O) groups excluding carboxylic acids is 1. The lowest BCUT2D eigenvalue weighted by atomic mass is 10.1. The van der Waals surface area contributed by atoms with Crippen LogP contribution in [0.15, 0.2) is 48.5 Å². The van der Waals surface area contributed by atoms with E-state index in [0.29, 0.717) is 16.5 Å². The highest BCUT2D eigenvalue weighted by Gasteiger charge is 2.10. The third kappa shape index (κ3) is 5.35. The second-order valence-electron chi connectivity index (χ2n) is 4.96. The van der Waals surface area contributed by atoms with Crippen LogP contribution in [0.1, 0.15) is 24.1 Å². The summed E-state index contributed by atoms with van der Waals surface area (Å²) < 4.78 is 12.8. The molecule has 1 amide bonds. The maximum Gasteiger partial charge on any atom is 0.230 e. The van der Waals surface area contributed by atoms with Crippen molar-refractivity contribution >= 4 is 29.3 Å². The number of nitrogens with one attached hydrogen (secondary N) is 1. The summed E-state index contributed by atoms with van der Waals surface area (Å²) in [6.07, 6.45) is 0. The van der Waals surface area contributed by atoms with Gasteiger partial charge in [0.2, 0.25) is 5.91 Å². The summed E-state index contributed by atoms with van der Waals surface area (Å²) in [5, 5.41) is 3.60. The predicted octanol–water partition coefficient (Wildman–Crippen LogP) is 4.59. The van der Waals surface area contributed by atoms with E-state index in [1.54, 1.807) is 18.2 Å². The quantitative estimate of drug-likeness (QED) is 0.835. The Morgan fingerprint density at radius 3 is 2.68 bits per heavy atom. The Morgan fingerprint density at radius 2 is 2.00 bits per heavy atom. The molecule has 5 heteroatoms. The Labute approximate surface area is 139 Å². The molecule has 2 rings (SSSR count). The smallest absolute Gasteiger partial charge is 0.230 e. The van der Waals surface area contributed by atoms with Crippen molar-refractivity contribution in [2.45, 2.75) is 18.7 Å². The highest BCUT2D eigenvalue weighted by atomic mass is 35.5. The third-order valence-electron chi connectivity index (χ3n) is 3.14. The van der Waals surface area contributed by atoms with Crippen molar-refractivity contribution in [3.63, 3.8) is 0 Å². The number of carbonyl (C=O) groups is 1. The van der Waals surface area contributed by atoms with Gasteiger partial charge in [0.05, 0.1) is 11.8 Å². The Hall–Kier alpha value is -1.52. The van der Waals surface area contributed by atoms with Crippen molar-refractivity contribution in [3.8, 4) is 0 Å². The lowest BCUT2D eigenvalue weighted by Crippen LogP contribution is -2.28. The molecular weight excluding hydrogens is 321 g/mol. The molecule has 0 fully saturated rings. The average Bonchev–Trinajstić information content (AvgIpc) is 2.49. The van der Waals surface area contributed by atoms with E-state index in [2.05, 4.69) is 5.32 Å². The van der Waals surface area contributed by atoms with E-state index < -0.39 is 0 Å². The molecule has 0 unspecified atom stereocenters. The van der Waals surface area contributed by atoms with E-state index in [1.165, 1.54) is 23.9 Å². The SMILES string of the molecule is C[C@@H](NC(=O)CSCc1ccc(F)cc1)c1cccc(Cl)c1. The summed E-state index contributed by atoms with van der Waals surface area (Å²) in [5.41, 5.74) is 1.98. The third-order valence-corrected chi connectivity index (χ3v) is 4.38. The maximum absolute atomic E-state index is 12.8. The van der Waals surface area contributed by atoms with Crippen LogP contribution < -0.4 is 5.32 Å². The molecule has 2 aromatic rings. The molecule has 0 heterocycles. The summed E-state index contributed by atoms with van der Waals surface area (Å²) in [6, 6.07) is 13.7. The standard InChI is InChI=1S/C17H17ClFNOS/c1-12(14-3-2-4-15(18)9-14)20-17(21)11-22-10-13-5-7-16(19)8-6-13/h2-9,12H,10-11H2,1H3,(H,20,21)/t12-/m1/s1. The molecule has 1 atom stereocenters. The van der Waals surface area contributed by atoms with Crippen LogP contribution in [0.2, 0.25) is 5.02 Å². The van der Waals surface area contributed by atoms with E-state index in [9.17, 15) is 9.18 Å². The van der Waals surface area contributed by atoms with Crippen molar-refractivity contribution in [1.82, 2.24) is 5.32 Å². The van der Waals surface area contributed by atoms with Crippen LogP contribution in [-0.2, 0) is 10.5 Å². The van der Waals surface area contributed by atoms with Gasteiger partial charge in [-0.2, -0.15) is 0 Å². The number of benzene rings is 2. The van der Waals surface area contributed by atoms with Crippen molar-refractivity contribution < 1.29 is 9.18 Å². The number of amides is 1. The summed E-state index contributed by atoms with van der Waals surface area (Å²) in [6.45, 7) is 1.92. The summed E-state index contributed by atoms with van der Waals surface area (Å²) in [4.78, 5) is 11.9. The molecule has 0 spiro atoms. The van der Waals surface area contributed by atoms with Crippen molar-refractivity contribution in [1.29, 1.82) is 0 Å². The Balaban J connectivity index is 1.76.